The normalized spacial score (nSPS) is 36.8. The van der Waals surface area contributed by atoms with Crippen molar-refractivity contribution in [1.29, 1.82) is 5.41 Å². The number of nitrogens with one attached hydrogen (secondary N) is 1. The van der Waals surface area contributed by atoms with Gasteiger partial charge in [-0.1, -0.05) is 25.5 Å². The van der Waals surface area contributed by atoms with Crippen LogP contribution in [0.15, 0.2) is 22.8 Å². The molecule has 0 heterocycles. The molecule has 2 rings (SSSR count). The molecule has 1 saturated carbocycles. The fourth-order valence-corrected chi connectivity index (χ4v) is 2.30. The second kappa shape index (κ2) is 2.55. The van der Waals surface area contributed by atoms with E-state index in [9.17, 15) is 0 Å². The van der Waals surface area contributed by atoms with E-state index in [-0.39, 0.29) is 11.5 Å². The molecule has 13 heavy (non-hydrogen) atoms. The molecule has 0 aromatic rings. The molecule has 0 amide bonds. The molecule has 70 valence electrons. The molecule has 2 atom stereocenters. The topological polar surface area (TPSA) is 49.9 Å². The molecule has 0 spiro atoms. The lowest BCUT2D eigenvalue weighted by Gasteiger charge is -2.22. The minimum Gasteiger partial charge on any atom is -0.324 e. The molecule has 2 aliphatic rings. The van der Waals surface area contributed by atoms with E-state index in [0.29, 0.717) is 0 Å². The number of hydrogen-bond acceptors (Lipinski definition) is 2. The number of fused-ring (bicyclic) bond motifs is 1. The predicted molar refractivity (Wildman–Crippen MR) is 54.9 cm³/mol. The van der Waals surface area contributed by atoms with Crippen LogP contribution in [-0.2, 0) is 0 Å². The number of rotatable bonds is 2. The summed E-state index contributed by atoms with van der Waals surface area (Å²) in [5.41, 5.74) is 10.1. The Hall–Kier alpha value is -0.890. The third-order valence-corrected chi connectivity index (χ3v) is 3.43. The first-order valence-electron chi connectivity index (χ1n) is 4.84. The van der Waals surface area contributed by atoms with Crippen molar-refractivity contribution < 1.29 is 0 Å². The Morgan fingerprint density at radius 2 is 2.46 bits per heavy atom. The standard InChI is InChI=1S/C11H16N2/c1-3-8-7(6-12)4-10(13)11(2)5-9(8)11/h4,6,10,12H,3,5,13H2,1-2H3. The Kier molecular flexibility index (Phi) is 1.70. The van der Waals surface area contributed by atoms with Gasteiger partial charge in [-0.3, -0.25) is 0 Å². The monoisotopic (exact) mass is 176 g/mol. The van der Waals surface area contributed by atoms with Gasteiger partial charge in [0.2, 0.25) is 0 Å². The van der Waals surface area contributed by atoms with E-state index in [0.717, 1.165) is 18.4 Å². The minimum absolute atomic E-state index is 0.120. The summed E-state index contributed by atoms with van der Waals surface area (Å²) in [7, 11) is 0. The Morgan fingerprint density at radius 1 is 1.77 bits per heavy atom. The maximum atomic E-state index is 7.31. The van der Waals surface area contributed by atoms with Crippen molar-refractivity contribution >= 4 is 6.21 Å². The zero-order valence-electron chi connectivity index (χ0n) is 8.22. The lowest BCUT2D eigenvalue weighted by atomic mass is 9.87. The van der Waals surface area contributed by atoms with E-state index in [2.05, 4.69) is 13.8 Å². The van der Waals surface area contributed by atoms with Crippen LogP contribution in [0.2, 0.25) is 0 Å². The zero-order chi connectivity index (χ0) is 9.64. The third kappa shape index (κ3) is 1.02. The van der Waals surface area contributed by atoms with E-state index >= 15 is 0 Å². The molecule has 0 aromatic carbocycles. The maximum Gasteiger partial charge on any atom is 0.0329 e. The lowest BCUT2D eigenvalue weighted by molar-refractivity contribution is 0.521. The van der Waals surface area contributed by atoms with Gasteiger partial charge in [0.15, 0.2) is 0 Å². The van der Waals surface area contributed by atoms with Gasteiger partial charge in [-0.15, -0.1) is 0 Å². The van der Waals surface area contributed by atoms with Crippen molar-refractivity contribution in [2.75, 3.05) is 0 Å². The summed E-state index contributed by atoms with van der Waals surface area (Å²) in [6.07, 6.45) is 5.63. The van der Waals surface area contributed by atoms with Crippen LogP contribution in [0.3, 0.4) is 0 Å². The van der Waals surface area contributed by atoms with Gasteiger partial charge in [-0.25, -0.2) is 0 Å². The van der Waals surface area contributed by atoms with Gasteiger partial charge in [-0.05, 0) is 24.0 Å². The average molecular weight is 176 g/mol. The molecule has 0 aliphatic heterocycles. The first kappa shape index (κ1) is 8.70. The van der Waals surface area contributed by atoms with Crippen LogP contribution >= 0.6 is 0 Å². The van der Waals surface area contributed by atoms with Crippen LogP contribution in [-0.4, -0.2) is 12.3 Å². The molecule has 2 nitrogen and oxygen atoms in total. The van der Waals surface area contributed by atoms with Crippen molar-refractivity contribution in [3.63, 3.8) is 0 Å². The molecular formula is C11H16N2. The van der Waals surface area contributed by atoms with E-state index in [1.54, 1.807) is 0 Å². The molecule has 0 saturated heterocycles. The van der Waals surface area contributed by atoms with Crippen LogP contribution in [0.25, 0.3) is 0 Å². The molecule has 0 bridgehead atoms. The second-order valence-electron chi connectivity index (χ2n) is 4.20. The van der Waals surface area contributed by atoms with Gasteiger partial charge in [-0.2, -0.15) is 0 Å². The molecular weight excluding hydrogens is 160 g/mol. The van der Waals surface area contributed by atoms with E-state index in [4.69, 9.17) is 11.1 Å². The molecule has 3 N–H and O–H groups in total. The summed E-state index contributed by atoms with van der Waals surface area (Å²) in [5.74, 6) is 0. The molecule has 0 aromatic heterocycles. The predicted octanol–water partition coefficient (Wildman–Crippen LogP) is 2.02. The summed E-state index contributed by atoms with van der Waals surface area (Å²) in [5, 5.41) is 7.31. The maximum absolute atomic E-state index is 7.31. The Bertz CT molecular complexity index is 325. The smallest absolute Gasteiger partial charge is 0.0329 e. The fourth-order valence-electron chi connectivity index (χ4n) is 2.30. The van der Waals surface area contributed by atoms with Crippen LogP contribution in [0.4, 0.5) is 0 Å². The highest BCUT2D eigenvalue weighted by atomic mass is 14.7. The SMILES string of the molecule is CCC1=C2CC2(C)C(N)C=C1C=N. The van der Waals surface area contributed by atoms with Crippen molar-refractivity contribution in [1.82, 2.24) is 0 Å². The number of allylic oxidation sites excluding steroid dienone is 2. The van der Waals surface area contributed by atoms with Gasteiger partial charge in [0.25, 0.3) is 0 Å². The van der Waals surface area contributed by atoms with Crippen LogP contribution in [0, 0.1) is 10.8 Å². The van der Waals surface area contributed by atoms with Gasteiger partial charge < -0.3 is 11.1 Å². The highest BCUT2D eigenvalue weighted by molar-refractivity contribution is 5.85. The van der Waals surface area contributed by atoms with E-state index in [1.165, 1.54) is 17.4 Å². The highest BCUT2D eigenvalue weighted by Gasteiger charge is 2.51. The first-order valence-corrected chi connectivity index (χ1v) is 4.84. The summed E-state index contributed by atoms with van der Waals surface area (Å²) in [6.45, 7) is 4.37. The van der Waals surface area contributed by atoms with Crippen LogP contribution < -0.4 is 5.73 Å². The third-order valence-electron chi connectivity index (χ3n) is 3.43. The molecule has 0 radical (unpaired) electrons. The number of hydrogen-bond donors (Lipinski definition) is 2. The Morgan fingerprint density at radius 3 is 3.00 bits per heavy atom. The van der Waals surface area contributed by atoms with E-state index < -0.39 is 0 Å². The highest BCUT2D eigenvalue weighted by Crippen LogP contribution is 2.59. The summed E-state index contributed by atoms with van der Waals surface area (Å²) < 4.78 is 0. The molecule has 2 heteroatoms. The molecule has 2 aliphatic carbocycles. The van der Waals surface area contributed by atoms with Crippen LogP contribution in [0.1, 0.15) is 26.7 Å². The summed E-state index contributed by atoms with van der Waals surface area (Å²) in [4.78, 5) is 0. The van der Waals surface area contributed by atoms with Crippen molar-refractivity contribution in [3.05, 3.63) is 22.8 Å². The lowest BCUT2D eigenvalue weighted by Crippen LogP contribution is -2.30. The number of nitrogens with two attached hydrogens (primary N) is 1. The van der Waals surface area contributed by atoms with E-state index in [1.807, 2.05) is 6.08 Å². The minimum atomic E-state index is 0.120. The fraction of sp³-hybridized carbons (Fsp3) is 0.545. The van der Waals surface area contributed by atoms with Crippen molar-refractivity contribution in [2.45, 2.75) is 32.7 Å². The van der Waals surface area contributed by atoms with Gasteiger partial charge in [0, 0.05) is 17.7 Å². The van der Waals surface area contributed by atoms with Gasteiger partial charge >= 0.3 is 0 Å². The molecule has 1 fully saturated rings. The molecule has 2 unspecified atom stereocenters. The Balaban J connectivity index is 2.44. The summed E-state index contributed by atoms with van der Waals surface area (Å²) >= 11 is 0. The quantitative estimate of drug-likeness (QED) is 0.621. The largest absolute Gasteiger partial charge is 0.324 e. The van der Waals surface area contributed by atoms with Gasteiger partial charge in [0.05, 0.1) is 0 Å². The first-order chi connectivity index (χ1) is 6.13. The zero-order valence-corrected chi connectivity index (χ0v) is 8.22. The van der Waals surface area contributed by atoms with Crippen molar-refractivity contribution in [3.8, 4) is 0 Å². The second-order valence-corrected chi connectivity index (χ2v) is 4.20. The van der Waals surface area contributed by atoms with Crippen molar-refractivity contribution in [2.24, 2.45) is 11.1 Å². The average Bonchev–Trinajstić information content (AvgIpc) is 2.79. The Labute approximate surface area is 79.0 Å². The van der Waals surface area contributed by atoms with Crippen LogP contribution in [0.5, 0.6) is 0 Å². The summed E-state index contributed by atoms with van der Waals surface area (Å²) in [6, 6.07) is 0.120. The van der Waals surface area contributed by atoms with Gasteiger partial charge in [0.1, 0.15) is 0 Å².